The van der Waals surface area contributed by atoms with Gasteiger partial charge in [-0.2, -0.15) is 0 Å². The quantitative estimate of drug-likeness (QED) is 0.797. The molecule has 1 fully saturated rings. The fourth-order valence-corrected chi connectivity index (χ4v) is 3.66. The maximum Gasteiger partial charge on any atom is 0.272 e. The summed E-state index contributed by atoms with van der Waals surface area (Å²) >= 11 is 0. The first-order valence-corrected chi connectivity index (χ1v) is 9.36. The zero-order valence-corrected chi connectivity index (χ0v) is 16.6. The van der Waals surface area contributed by atoms with Crippen LogP contribution in [0.1, 0.15) is 44.6 Å². The number of hydrogen-bond acceptors (Lipinski definition) is 4. The van der Waals surface area contributed by atoms with E-state index in [1.54, 1.807) is 6.92 Å². The third-order valence-corrected chi connectivity index (χ3v) is 5.23. The summed E-state index contributed by atoms with van der Waals surface area (Å²) in [7, 11) is 2.15. The number of amides is 1. The number of piperazine rings is 1. The molecule has 2 heterocycles. The van der Waals surface area contributed by atoms with Crippen LogP contribution in [0.15, 0.2) is 24.3 Å². The summed E-state index contributed by atoms with van der Waals surface area (Å²) in [4.78, 5) is 32.2. The SMILES string of the molecule is CC(=O)c1c(C)[nH]c(C(=O)Nc2ccc(CN3CCN(C)CC3)cc2)c1C. The number of anilines is 1. The van der Waals surface area contributed by atoms with Gasteiger partial charge in [-0.1, -0.05) is 12.1 Å². The van der Waals surface area contributed by atoms with Crippen LogP contribution in [0.25, 0.3) is 0 Å². The summed E-state index contributed by atoms with van der Waals surface area (Å²) in [6.45, 7) is 10.4. The molecule has 6 heteroatoms. The van der Waals surface area contributed by atoms with Gasteiger partial charge in [-0.05, 0) is 51.1 Å². The highest BCUT2D eigenvalue weighted by Gasteiger charge is 2.20. The molecule has 0 radical (unpaired) electrons. The first-order valence-electron chi connectivity index (χ1n) is 9.36. The van der Waals surface area contributed by atoms with Crippen LogP contribution in [0.5, 0.6) is 0 Å². The van der Waals surface area contributed by atoms with E-state index >= 15 is 0 Å². The highest BCUT2D eigenvalue weighted by Crippen LogP contribution is 2.20. The summed E-state index contributed by atoms with van der Waals surface area (Å²) in [5, 5.41) is 2.91. The van der Waals surface area contributed by atoms with Crippen molar-refractivity contribution in [2.45, 2.75) is 27.3 Å². The number of carbonyl (C=O) groups excluding carboxylic acids is 2. The number of hydrogen-bond donors (Lipinski definition) is 2. The van der Waals surface area contributed by atoms with E-state index in [-0.39, 0.29) is 11.7 Å². The summed E-state index contributed by atoms with van der Waals surface area (Å²) in [5.74, 6) is -0.261. The highest BCUT2D eigenvalue weighted by atomic mass is 16.2. The number of nitrogens with zero attached hydrogens (tertiary/aromatic N) is 2. The molecule has 27 heavy (non-hydrogen) atoms. The fourth-order valence-electron chi connectivity index (χ4n) is 3.66. The molecule has 3 rings (SSSR count). The first-order chi connectivity index (χ1) is 12.8. The van der Waals surface area contributed by atoms with Gasteiger partial charge >= 0.3 is 0 Å². The number of Topliss-reactive ketones (excluding diaryl/α,β-unsaturated/α-hetero) is 1. The lowest BCUT2D eigenvalue weighted by Crippen LogP contribution is -2.43. The molecule has 1 aliphatic heterocycles. The van der Waals surface area contributed by atoms with E-state index in [0.29, 0.717) is 16.8 Å². The Labute approximate surface area is 160 Å². The van der Waals surface area contributed by atoms with Gasteiger partial charge in [0.25, 0.3) is 5.91 Å². The number of likely N-dealkylation sites (N-methyl/N-ethyl adjacent to an activating group) is 1. The third-order valence-electron chi connectivity index (χ3n) is 5.23. The predicted molar refractivity (Wildman–Crippen MR) is 107 cm³/mol. The molecule has 1 aliphatic rings. The molecular formula is C21H28N4O2. The van der Waals surface area contributed by atoms with Crippen molar-refractivity contribution in [3.8, 4) is 0 Å². The minimum absolute atomic E-state index is 0.0337. The van der Waals surface area contributed by atoms with Crippen molar-refractivity contribution < 1.29 is 9.59 Å². The average molecular weight is 368 g/mol. The van der Waals surface area contributed by atoms with Crippen LogP contribution in [0, 0.1) is 13.8 Å². The summed E-state index contributed by atoms with van der Waals surface area (Å²) in [6, 6.07) is 7.98. The number of nitrogens with one attached hydrogen (secondary N) is 2. The van der Waals surface area contributed by atoms with E-state index in [1.807, 2.05) is 19.1 Å². The molecule has 1 amide bonds. The van der Waals surface area contributed by atoms with Crippen LogP contribution in [-0.2, 0) is 6.54 Å². The number of benzene rings is 1. The molecule has 0 saturated carbocycles. The van der Waals surface area contributed by atoms with Gasteiger partial charge in [-0.15, -0.1) is 0 Å². The van der Waals surface area contributed by atoms with Crippen LogP contribution in [-0.4, -0.2) is 59.7 Å². The highest BCUT2D eigenvalue weighted by molar-refractivity contribution is 6.07. The van der Waals surface area contributed by atoms with Gasteiger partial charge in [0.15, 0.2) is 5.78 Å². The van der Waals surface area contributed by atoms with Crippen LogP contribution in [0.3, 0.4) is 0 Å². The van der Waals surface area contributed by atoms with Crippen LogP contribution in [0.4, 0.5) is 5.69 Å². The molecule has 1 aromatic heterocycles. The Morgan fingerprint density at radius 2 is 1.70 bits per heavy atom. The number of H-pyrrole nitrogens is 1. The number of rotatable bonds is 5. The van der Waals surface area contributed by atoms with E-state index in [1.165, 1.54) is 12.5 Å². The zero-order chi connectivity index (χ0) is 19.6. The molecule has 144 valence electrons. The van der Waals surface area contributed by atoms with E-state index in [0.717, 1.165) is 44.1 Å². The number of carbonyl (C=O) groups is 2. The molecule has 2 aromatic rings. The molecule has 6 nitrogen and oxygen atoms in total. The van der Waals surface area contributed by atoms with Gasteiger partial charge < -0.3 is 15.2 Å². The van der Waals surface area contributed by atoms with Crippen molar-refractivity contribution in [1.82, 2.24) is 14.8 Å². The van der Waals surface area contributed by atoms with Gasteiger partial charge in [-0.3, -0.25) is 14.5 Å². The predicted octanol–water partition coefficient (Wildman–Crippen LogP) is 2.83. The summed E-state index contributed by atoms with van der Waals surface area (Å²) in [6.07, 6.45) is 0. The lowest BCUT2D eigenvalue weighted by Gasteiger charge is -2.32. The second kappa shape index (κ2) is 8.06. The molecule has 0 bridgehead atoms. The first kappa shape index (κ1) is 19.3. The lowest BCUT2D eigenvalue weighted by molar-refractivity contribution is 0.101. The second-order valence-corrected chi connectivity index (χ2v) is 7.41. The van der Waals surface area contributed by atoms with Gasteiger partial charge in [-0.25, -0.2) is 0 Å². The fraction of sp³-hybridized carbons (Fsp3) is 0.429. The monoisotopic (exact) mass is 368 g/mol. The number of aromatic nitrogens is 1. The normalized spacial score (nSPS) is 15.7. The maximum absolute atomic E-state index is 12.6. The van der Waals surface area contributed by atoms with Crippen LogP contribution >= 0.6 is 0 Å². The summed E-state index contributed by atoms with van der Waals surface area (Å²) < 4.78 is 0. The van der Waals surface area contributed by atoms with Gasteiger partial charge in [0.2, 0.25) is 0 Å². The Bertz CT molecular complexity index is 831. The van der Waals surface area contributed by atoms with E-state index in [4.69, 9.17) is 0 Å². The van der Waals surface area contributed by atoms with Gasteiger partial charge in [0.1, 0.15) is 5.69 Å². The minimum Gasteiger partial charge on any atom is -0.354 e. The Kier molecular flexibility index (Phi) is 5.77. The molecule has 0 aliphatic carbocycles. The number of aryl methyl sites for hydroxylation is 1. The third kappa shape index (κ3) is 4.46. The van der Waals surface area contributed by atoms with Crippen LogP contribution < -0.4 is 5.32 Å². The standard InChI is InChI=1S/C21H28N4O2/c1-14-19(16(3)26)15(2)22-20(14)21(27)23-18-7-5-17(6-8-18)13-25-11-9-24(4)10-12-25/h5-8,22H,9-13H2,1-4H3,(H,23,27). The Balaban J connectivity index is 1.64. The van der Waals surface area contributed by atoms with Crippen molar-refractivity contribution in [1.29, 1.82) is 0 Å². The summed E-state index contributed by atoms with van der Waals surface area (Å²) in [5.41, 5.74) is 4.46. The number of ketones is 1. The van der Waals surface area contributed by atoms with E-state index < -0.39 is 0 Å². The number of aromatic amines is 1. The average Bonchev–Trinajstić information content (AvgIpc) is 2.93. The molecule has 2 N–H and O–H groups in total. The molecule has 0 atom stereocenters. The smallest absolute Gasteiger partial charge is 0.272 e. The second-order valence-electron chi connectivity index (χ2n) is 7.41. The van der Waals surface area contributed by atoms with Crippen molar-refractivity contribution >= 4 is 17.4 Å². The Morgan fingerprint density at radius 3 is 2.26 bits per heavy atom. The zero-order valence-electron chi connectivity index (χ0n) is 16.6. The Morgan fingerprint density at radius 1 is 1.07 bits per heavy atom. The molecule has 1 saturated heterocycles. The minimum atomic E-state index is -0.227. The van der Waals surface area contributed by atoms with Crippen molar-refractivity contribution in [3.05, 3.63) is 52.3 Å². The largest absolute Gasteiger partial charge is 0.354 e. The maximum atomic E-state index is 12.6. The molecular weight excluding hydrogens is 340 g/mol. The Hall–Kier alpha value is -2.44. The molecule has 0 spiro atoms. The topological polar surface area (TPSA) is 68.4 Å². The van der Waals surface area contributed by atoms with E-state index in [9.17, 15) is 9.59 Å². The van der Waals surface area contributed by atoms with Crippen LogP contribution in [0.2, 0.25) is 0 Å². The van der Waals surface area contributed by atoms with Crippen molar-refractivity contribution in [2.75, 3.05) is 38.5 Å². The van der Waals surface area contributed by atoms with E-state index in [2.05, 4.69) is 39.3 Å². The van der Waals surface area contributed by atoms with Crippen molar-refractivity contribution in [3.63, 3.8) is 0 Å². The molecule has 0 unspecified atom stereocenters. The molecule has 1 aromatic carbocycles. The van der Waals surface area contributed by atoms with Gasteiger partial charge in [0, 0.05) is 49.7 Å². The van der Waals surface area contributed by atoms with Crippen molar-refractivity contribution in [2.24, 2.45) is 0 Å². The lowest BCUT2D eigenvalue weighted by atomic mass is 10.1. The van der Waals surface area contributed by atoms with Gasteiger partial charge in [0.05, 0.1) is 0 Å².